The van der Waals surface area contributed by atoms with Gasteiger partial charge in [-0.2, -0.15) is 0 Å². The Morgan fingerprint density at radius 1 is 1.10 bits per heavy atom. The van der Waals surface area contributed by atoms with Gasteiger partial charge in [0.05, 0.1) is 17.5 Å². The molecule has 0 saturated carbocycles. The number of hydrogen-bond acceptors (Lipinski definition) is 5. The molecule has 3 rings (SSSR count). The van der Waals surface area contributed by atoms with E-state index in [0.29, 0.717) is 17.2 Å². The maximum absolute atomic E-state index is 12.8. The highest BCUT2D eigenvalue weighted by atomic mass is 32.2. The Kier molecular flexibility index (Phi) is 6.50. The Morgan fingerprint density at radius 3 is 2.35 bits per heavy atom. The lowest BCUT2D eigenvalue weighted by Crippen LogP contribution is -2.42. The van der Waals surface area contributed by atoms with Crippen molar-refractivity contribution >= 4 is 21.6 Å². The summed E-state index contributed by atoms with van der Waals surface area (Å²) >= 11 is 0. The first-order valence-electron chi connectivity index (χ1n) is 10.3. The third kappa shape index (κ3) is 5.31. The molecule has 1 amide bonds. The first kappa shape index (κ1) is 22.9. The summed E-state index contributed by atoms with van der Waals surface area (Å²) in [6.07, 6.45) is 0. The second-order valence-corrected chi connectivity index (χ2v) is 10.8. The minimum Gasteiger partial charge on any atom is -0.454 e. The number of carbonyl (C=O) groups is 1. The minimum absolute atomic E-state index is 0.0463. The Hall–Kier alpha value is -2.74. The zero-order valence-electron chi connectivity index (χ0n) is 18.6. The molecule has 31 heavy (non-hydrogen) atoms. The van der Waals surface area contributed by atoms with Crippen LogP contribution < -0.4 is 19.1 Å². The van der Waals surface area contributed by atoms with Gasteiger partial charge in [0.15, 0.2) is 11.5 Å². The Morgan fingerprint density at radius 2 is 1.74 bits per heavy atom. The molecule has 8 heteroatoms. The van der Waals surface area contributed by atoms with Gasteiger partial charge < -0.3 is 14.8 Å². The van der Waals surface area contributed by atoms with Gasteiger partial charge in [-0.25, -0.2) is 8.42 Å². The van der Waals surface area contributed by atoms with Crippen molar-refractivity contribution < 1.29 is 22.7 Å². The van der Waals surface area contributed by atoms with Crippen molar-refractivity contribution in [3.63, 3.8) is 0 Å². The number of nitrogens with one attached hydrogen (secondary N) is 1. The summed E-state index contributed by atoms with van der Waals surface area (Å²) < 4.78 is 37.1. The van der Waals surface area contributed by atoms with Crippen LogP contribution in [0.3, 0.4) is 0 Å². The highest BCUT2D eigenvalue weighted by Crippen LogP contribution is 2.36. The van der Waals surface area contributed by atoms with Crippen LogP contribution in [0.15, 0.2) is 42.5 Å². The zero-order chi connectivity index (χ0) is 22.8. The molecule has 1 aliphatic rings. The first-order valence-corrected chi connectivity index (χ1v) is 11.9. The number of carbonyl (C=O) groups excluding carboxylic acids is 1. The van der Waals surface area contributed by atoms with Crippen molar-refractivity contribution in [2.45, 2.75) is 46.1 Å². The van der Waals surface area contributed by atoms with Gasteiger partial charge in [-0.3, -0.25) is 9.10 Å². The number of rotatable bonds is 7. The molecule has 7 nitrogen and oxygen atoms in total. The van der Waals surface area contributed by atoms with Crippen molar-refractivity contribution in [3.05, 3.63) is 53.6 Å². The van der Waals surface area contributed by atoms with Gasteiger partial charge >= 0.3 is 0 Å². The summed E-state index contributed by atoms with van der Waals surface area (Å²) in [4.78, 5) is 12.8. The maximum atomic E-state index is 12.8. The lowest BCUT2D eigenvalue weighted by Gasteiger charge is -2.25. The molecule has 0 aliphatic carbocycles. The molecule has 0 saturated heterocycles. The third-order valence-corrected chi connectivity index (χ3v) is 7.03. The molecular weight excluding hydrogens is 416 g/mol. The van der Waals surface area contributed by atoms with E-state index in [4.69, 9.17) is 9.47 Å². The number of anilines is 1. The molecule has 0 spiro atoms. The molecule has 2 aromatic rings. The topological polar surface area (TPSA) is 84.9 Å². The fourth-order valence-corrected chi connectivity index (χ4v) is 4.38. The van der Waals surface area contributed by atoms with Crippen molar-refractivity contribution in [1.29, 1.82) is 0 Å². The molecule has 0 bridgehead atoms. The van der Waals surface area contributed by atoms with Gasteiger partial charge in [0.2, 0.25) is 22.7 Å². The van der Waals surface area contributed by atoms with E-state index >= 15 is 0 Å². The van der Waals surface area contributed by atoms with Crippen LogP contribution in [-0.2, 0) is 20.2 Å². The van der Waals surface area contributed by atoms with Crippen molar-refractivity contribution in [2.75, 3.05) is 23.4 Å². The van der Waals surface area contributed by atoms with Gasteiger partial charge in [0, 0.05) is 6.07 Å². The van der Waals surface area contributed by atoms with E-state index in [2.05, 4.69) is 38.2 Å². The Balaban J connectivity index is 1.75. The van der Waals surface area contributed by atoms with Crippen LogP contribution in [0.4, 0.5) is 5.69 Å². The normalized spacial score (nSPS) is 14.2. The van der Waals surface area contributed by atoms with Crippen LogP contribution in [0.25, 0.3) is 0 Å². The predicted molar refractivity (Wildman–Crippen MR) is 121 cm³/mol. The number of hydrogen-bond donors (Lipinski definition) is 1. The van der Waals surface area contributed by atoms with Gasteiger partial charge in [-0.05, 0) is 42.5 Å². The minimum atomic E-state index is -3.67. The van der Waals surface area contributed by atoms with Crippen LogP contribution in [0, 0.1) is 0 Å². The molecule has 0 radical (unpaired) electrons. The SMILES string of the molecule is CCS(=O)(=O)N(CC(=O)N[C@@H](C)c1ccc(C(C)(C)C)cc1)c1ccc2c(c1)OCO2. The molecule has 1 N–H and O–H groups in total. The summed E-state index contributed by atoms with van der Waals surface area (Å²) in [5.41, 5.74) is 2.57. The number of nitrogens with zero attached hydrogens (tertiary/aromatic N) is 1. The highest BCUT2D eigenvalue weighted by Gasteiger charge is 2.26. The van der Waals surface area contributed by atoms with E-state index in [-0.39, 0.29) is 36.5 Å². The van der Waals surface area contributed by atoms with E-state index in [1.807, 2.05) is 19.1 Å². The quantitative estimate of drug-likeness (QED) is 0.700. The molecule has 0 aromatic heterocycles. The van der Waals surface area contributed by atoms with Crippen molar-refractivity contribution in [3.8, 4) is 11.5 Å². The van der Waals surface area contributed by atoms with Crippen LogP contribution in [0.2, 0.25) is 0 Å². The Labute approximate surface area is 184 Å². The molecule has 0 fully saturated rings. The fraction of sp³-hybridized carbons (Fsp3) is 0.435. The summed E-state index contributed by atoms with van der Waals surface area (Å²) in [5, 5.41) is 2.90. The van der Waals surface area contributed by atoms with Crippen LogP contribution >= 0.6 is 0 Å². The summed E-state index contributed by atoms with van der Waals surface area (Å²) in [6.45, 7) is 9.63. The predicted octanol–water partition coefficient (Wildman–Crippen LogP) is 3.75. The average Bonchev–Trinajstić information content (AvgIpc) is 3.19. The van der Waals surface area contributed by atoms with E-state index in [9.17, 15) is 13.2 Å². The largest absolute Gasteiger partial charge is 0.454 e. The lowest BCUT2D eigenvalue weighted by molar-refractivity contribution is -0.120. The number of fused-ring (bicyclic) bond motifs is 1. The fourth-order valence-electron chi connectivity index (χ4n) is 3.32. The van der Waals surface area contributed by atoms with Crippen molar-refractivity contribution in [2.24, 2.45) is 0 Å². The van der Waals surface area contributed by atoms with Gasteiger partial charge in [-0.1, -0.05) is 45.0 Å². The number of amides is 1. The standard InChI is InChI=1S/C23H30N2O5S/c1-6-31(27,28)25(19-11-12-20-21(13-19)30-15-29-20)14-22(26)24-16(2)17-7-9-18(10-8-17)23(3,4)5/h7-13,16H,6,14-15H2,1-5H3,(H,24,26)/t16-/m0/s1. The monoisotopic (exact) mass is 446 g/mol. The molecule has 1 atom stereocenters. The second-order valence-electron chi connectivity index (χ2n) is 8.61. The zero-order valence-corrected chi connectivity index (χ0v) is 19.5. The van der Waals surface area contributed by atoms with E-state index < -0.39 is 10.0 Å². The molecule has 0 unspecified atom stereocenters. The van der Waals surface area contributed by atoms with Gasteiger partial charge in [0.1, 0.15) is 6.54 Å². The average molecular weight is 447 g/mol. The smallest absolute Gasteiger partial charge is 0.241 e. The first-order chi connectivity index (χ1) is 14.5. The van der Waals surface area contributed by atoms with Crippen LogP contribution in [-0.4, -0.2) is 33.4 Å². The van der Waals surface area contributed by atoms with Crippen LogP contribution in [0.1, 0.15) is 51.8 Å². The van der Waals surface area contributed by atoms with Crippen molar-refractivity contribution in [1.82, 2.24) is 5.32 Å². The molecule has 1 aliphatic heterocycles. The summed E-state index contributed by atoms with van der Waals surface area (Å²) in [6, 6.07) is 12.7. The van der Waals surface area contributed by atoms with Gasteiger partial charge in [0.25, 0.3) is 0 Å². The van der Waals surface area contributed by atoms with E-state index in [0.717, 1.165) is 9.87 Å². The Bertz CT molecular complexity index is 1040. The van der Waals surface area contributed by atoms with E-state index in [1.165, 1.54) is 5.56 Å². The lowest BCUT2D eigenvalue weighted by atomic mass is 9.86. The third-order valence-electron chi connectivity index (χ3n) is 5.29. The molecule has 168 valence electrons. The highest BCUT2D eigenvalue weighted by molar-refractivity contribution is 7.92. The maximum Gasteiger partial charge on any atom is 0.241 e. The molecule has 2 aromatic carbocycles. The van der Waals surface area contributed by atoms with Crippen LogP contribution in [0.5, 0.6) is 11.5 Å². The summed E-state index contributed by atoms with van der Waals surface area (Å²) in [7, 11) is -3.67. The number of benzene rings is 2. The van der Waals surface area contributed by atoms with Gasteiger partial charge in [-0.15, -0.1) is 0 Å². The molecule has 1 heterocycles. The summed E-state index contributed by atoms with van der Waals surface area (Å²) in [5.74, 6) is 0.497. The second kappa shape index (κ2) is 8.78. The van der Waals surface area contributed by atoms with E-state index in [1.54, 1.807) is 25.1 Å². The number of sulfonamides is 1. The molecular formula is C23H30N2O5S. The number of ether oxygens (including phenoxy) is 2.